The van der Waals surface area contributed by atoms with Crippen LogP contribution in [0.25, 0.3) is 0 Å². The predicted molar refractivity (Wildman–Crippen MR) is 107 cm³/mol. The topological polar surface area (TPSA) is 99.5 Å². The van der Waals surface area contributed by atoms with Crippen molar-refractivity contribution in [1.82, 2.24) is 15.0 Å². The Balaban J connectivity index is 1.61. The van der Waals surface area contributed by atoms with Crippen molar-refractivity contribution in [2.45, 2.75) is 25.4 Å². The number of hydrogen-bond acceptors (Lipinski definition) is 5. The van der Waals surface area contributed by atoms with Crippen LogP contribution in [0.15, 0.2) is 75.4 Å². The van der Waals surface area contributed by atoms with E-state index in [4.69, 9.17) is 0 Å². The second-order valence-corrected chi connectivity index (χ2v) is 6.70. The Kier molecular flexibility index (Phi) is 4.80. The quantitative estimate of drug-likeness (QED) is 0.633. The number of nitrogens with zero attached hydrogens (tertiary/aromatic N) is 2. The van der Waals surface area contributed by atoms with E-state index < -0.39 is 11.2 Å². The molecule has 4 rings (SSSR count). The van der Waals surface area contributed by atoms with Crippen LogP contribution in [-0.2, 0) is 13.0 Å². The van der Waals surface area contributed by atoms with Gasteiger partial charge in [0.2, 0.25) is 5.88 Å². The maximum Gasteiger partial charge on any atom is 0.331 e. The predicted octanol–water partition coefficient (Wildman–Crippen LogP) is 1.92. The van der Waals surface area contributed by atoms with Gasteiger partial charge in [-0.05, 0) is 17.5 Å². The number of nitrogens with one attached hydrogen (secondary N) is 2. The van der Waals surface area contributed by atoms with Crippen molar-refractivity contribution in [3.05, 3.63) is 98.2 Å². The van der Waals surface area contributed by atoms with E-state index in [1.165, 1.54) is 4.57 Å². The lowest BCUT2D eigenvalue weighted by atomic mass is 10.00. The highest BCUT2D eigenvalue weighted by atomic mass is 16.3. The van der Waals surface area contributed by atoms with Crippen LogP contribution in [-0.4, -0.2) is 20.4 Å². The second kappa shape index (κ2) is 7.56. The lowest BCUT2D eigenvalue weighted by molar-refractivity contribution is 0.399. The summed E-state index contributed by atoms with van der Waals surface area (Å²) in [6, 6.07) is 19.3. The summed E-state index contributed by atoms with van der Waals surface area (Å²) in [7, 11) is 0. The molecule has 7 heteroatoms. The maximum absolute atomic E-state index is 12.4. The van der Waals surface area contributed by atoms with Crippen molar-refractivity contribution < 1.29 is 5.11 Å². The third kappa shape index (κ3) is 3.46. The van der Waals surface area contributed by atoms with Crippen molar-refractivity contribution in [1.29, 1.82) is 0 Å². The zero-order valence-electron chi connectivity index (χ0n) is 15.1. The summed E-state index contributed by atoms with van der Waals surface area (Å²) < 4.78 is 1.18. The van der Waals surface area contributed by atoms with Gasteiger partial charge >= 0.3 is 5.69 Å². The van der Waals surface area contributed by atoms with E-state index in [-0.39, 0.29) is 24.0 Å². The molecule has 0 saturated carbocycles. The van der Waals surface area contributed by atoms with Crippen LogP contribution in [0.3, 0.4) is 0 Å². The minimum Gasteiger partial charge on any atom is -0.494 e. The molecule has 0 amide bonds. The van der Waals surface area contributed by atoms with Gasteiger partial charge in [0.1, 0.15) is 5.56 Å². The van der Waals surface area contributed by atoms with Crippen LogP contribution in [0.4, 0.5) is 0 Å². The normalized spacial score (nSPS) is 15.9. The van der Waals surface area contributed by atoms with Crippen LogP contribution in [0.2, 0.25) is 0 Å². The Labute approximate surface area is 161 Å². The number of hydrazone groups is 1. The number of aromatic hydroxyl groups is 1. The van der Waals surface area contributed by atoms with Crippen molar-refractivity contribution in [2.75, 3.05) is 0 Å². The van der Waals surface area contributed by atoms with E-state index in [9.17, 15) is 14.7 Å². The first kappa shape index (κ1) is 17.8. The van der Waals surface area contributed by atoms with Gasteiger partial charge in [-0.2, -0.15) is 5.10 Å². The molecule has 142 valence electrons. The molecule has 3 aromatic rings. The molecular formula is C21H20N4O3. The van der Waals surface area contributed by atoms with Gasteiger partial charge in [0, 0.05) is 13.0 Å². The zero-order valence-corrected chi connectivity index (χ0v) is 15.1. The highest BCUT2D eigenvalue weighted by Gasteiger charge is 2.27. The molecule has 1 aromatic heterocycles. The summed E-state index contributed by atoms with van der Waals surface area (Å²) in [4.78, 5) is 26.9. The molecular weight excluding hydrogens is 356 g/mol. The first-order valence-corrected chi connectivity index (χ1v) is 9.11. The van der Waals surface area contributed by atoms with Gasteiger partial charge in [0.15, 0.2) is 0 Å². The molecule has 0 radical (unpaired) electrons. The molecule has 0 bridgehead atoms. The number of rotatable bonds is 5. The van der Waals surface area contributed by atoms with Crippen molar-refractivity contribution in [3.63, 3.8) is 0 Å². The Morgan fingerprint density at radius 3 is 2.43 bits per heavy atom. The minimum absolute atomic E-state index is 0.0404. The Bertz CT molecular complexity index is 1120. The molecule has 28 heavy (non-hydrogen) atoms. The SMILES string of the molecule is O=c1[nH]c(=O)n(CCc2ccccc2)c(O)c1C1=NN[C@@H](c2ccccc2)C1. The molecule has 1 aliphatic rings. The van der Waals surface area contributed by atoms with E-state index in [0.29, 0.717) is 18.6 Å². The first-order valence-electron chi connectivity index (χ1n) is 9.11. The van der Waals surface area contributed by atoms with E-state index in [1.54, 1.807) is 0 Å². The highest BCUT2D eigenvalue weighted by Crippen LogP contribution is 2.25. The number of hydrogen-bond donors (Lipinski definition) is 3. The molecule has 0 unspecified atom stereocenters. The van der Waals surface area contributed by atoms with Gasteiger partial charge in [0.25, 0.3) is 5.56 Å². The average molecular weight is 376 g/mol. The average Bonchev–Trinajstić information content (AvgIpc) is 3.19. The molecule has 0 saturated heterocycles. The van der Waals surface area contributed by atoms with Crippen molar-refractivity contribution in [3.8, 4) is 5.88 Å². The lowest BCUT2D eigenvalue weighted by Crippen LogP contribution is -2.34. The number of H-pyrrole nitrogens is 1. The Hall–Kier alpha value is -3.61. The van der Waals surface area contributed by atoms with E-state index in [2.05, 4.69) is 15.5 Å². The Morgan fingerprint density at radius 1 is 1.04 bits per heavy atom. The second-order valence-electron chi connectivity index (χ2n) is 6.70. The lowest BCUT2D eigenvalue weighted by Gasteiger charge is -2.12. The summed E-state index contributed by atoms with van der Waals surface area (Å²) in [5.41, 5.74) is 4.28. The van der Waals surface area contributed by atoms with Gasteiger partial charge in [-0.1, -0.05) is 60.7 Å². The molecule has 7 nitrogen and oxygen atoms in total. The molecule has 1 atom stereocenters. The third-order valence-electron chi connectivity index (χ3n) is 4.88. The van der Waals surface area contributed by atoms with Crippen LogP contribution in [0.5, 0.6) is 5.88 Å². The number of benzene rings is 2. The van der Waals surface area contributed by atoms with Crippen LogP contribution < -0.4 is 16.7 Å². The molecule has 1 aliphatic heterocycles. The van der Waals surface area contributed by atoms with Gasteiger partial charge in [-0.3, -0.25) is 14.3 Å². The number of aromatic amines is 1. The van der Waals surface area contributed by atoms with E-state index >= 15 is 0 Å². The fourth-order valence-corrected chi connectivity index (χ4v) is 3.39. The summed E-state index contributed by atoms with van der Waals surface area (Å²) in [5, 5.41) is 14.9. The van der Waals surface area contributed by atoms with Gasteiger partial charge in [-0.25, -0.2) is 4.79 Å². The third-order valence-corrected chi connectivity index (χ3v) is 4.88. The largest absolute Gasteiger partial charge is 0.494 e. The van der Waals surface area contributed by atoms with Crippen LogP contribution >= 0.6 is 0 Å². The molecule has 2 aromatic carbocycles. The summed E-state index contributed by atoms with van der Waals surface area (Å²) in [5.74, 6) is -0.348. The highest BCUT2D eigenvalue weighted by molar-refractivity contribution is 6.03. The van der Waals surface area contributed by atoms with E-state index in [1.807, 2.05) is 60.7 Å². The molecule has 3 N–H and O–H groups in total. The zero-order chi connectivity index (χ0) is 19.5. The Morgan fingerprint density at radius 2 is 1.71 bits per heavy atom. The van der Waals surface area contributed by atoms with E-state index in [0.717, 1.165) is 11.1 Å². The van der Waals surface area contributed by atoms with Crippen molar-refractivity contribution >= 4 is 5.71 Å². The van der Waals surface area contributed by atoms with Crippen molar-refractivity contribution in [2.24, 2.45) is 5.10 Å². The molecule has 2 heterocycles. The molecule has 0 fully saturated rings. The maximum atomic E-state index is 12.4. The number of aromatic nitrogens is 2. The van der Waals surface area contributed by atoms with Gasteiger partial charge in [0.05, 0.1) is 11.8 Å². The standard InChI is InChI=1S/C21H20N4O3/c26-19-18(17-13-16(23-24-17)15-9-5-2-6-10-15)20(27)25(21(28)22-19)12-11-14-7-3-1-4-8-14/h1-10,16,23,27H,11-13H2,(H,22,26,28)/t16-/m1/s1. The number of aryl methyl sites for hydroxylation is 1. The summed E-state index contributed by atoms with van der Waals surface area (Å²) >= 11 is 0. The van der Waals surface area contributed by atoms with Crippen LogP contribution in [0.1, 0.15) is 29.2 Å². The fraction of sp³-hybridized carbons (Fsp3) is 0.190. The fourth-order valence-electron chi connectivity index (χ4n) is 3.39. The minimum atomic E-state index is -0.632. The smallest absolute Gasteiger partial charge is 0.331 e. The summed E-state index contributed by atoms with van der Waals surface area (Å²) in [6.45, 7) is 0.251. The first-order chi connectivity index (χ1) is 13.6. The van der Waals surface area contributed by atoms with Gasteiger partial charge < -0.3 is 10.5 Å². The summed E-state index contributed by atoms with van der Waals surface area (Å²) in [6.07, 6.45) is 0.995. The van der Waals surface area contributed by atoms with Gasteiger partial charge in [-0.15, -0.1) is 0 Å². The monoisotopic (exact) mass is 376 g/mol. The molecule has 0 aliphatic carbocycles. The van der Waals surface area contributed by atoms with Crippen LogP contribution in [0, 0.1) is 0 Å². The molecule has 0 spiro atoms.